The molecule has 2 aromatic rings. The standard InChI is InChI=1S/C25H29NO5/c1-16(24(28)29)14-20(26-23(27)21-8-5-9-22(21)25(30)31)15-17-10-12-19(13-11-17)18-6-3-2-4-7-18/h2-4,6-7,10-13,16,20-22H,5,8-9,14-15H2,1H3,(H,26,27)(H,28,29)(H,30,31)/t16-,20?,21+,22-/m1/s1. The Kier molecular flexibility index (Phi) is 7.45. The fourth-order valence-electron chi connectivity index (χ4n) is 4.35. The Morgan fingerprint density at radius 1 is 0.935 bits per heavy atom. The van der Waals surface area contributed by atoms with E-state index in [1.807, 2.05) is 54.6 Å². The van der Waals surface area contributed by atoms with Crippen LogP contribution in [-0.4, -0.2) is 34.1 Å². The van der Waals surface area contributed by atoms with Crippen molar-refractivity contribution in [2.75, 3.05) is 0 Å². The first kappa shape index (κ1) is 22.5. The molecule has 3 rings (SSSR count). The van der Waals surface area contributed by atoms with Crippen LogP contribution in [0.4, 0.5) is 0 Å². The summed E-state index contributed by atoms with van der Waals surface area (Å²) in [6.07, 6.45) is 2.54. The molecular formula is C25H29NO5. The summed E-state index contributed by atoms with van der Waals surface area (Å²) >= 11 is 0. The number of hydrogen-bond acceptors (Lipinski definition) is 3. The summed E-state index contributed by atoms with van der Waals surface area (Å²) in [5.74, 6) is -3.98. The zero-order chi connectivity index (χ0) is 22.4. The van der Waals surface area contributed by atoms with Crippen LogP contribution in [0.3, 0.4) is 0 Å². The third-order valence-corrected chi connectivity index (χ3v) is 6.12. The van der Waals surface area contributed by atoms with Crippen molar-refractivity contribution in [3.8, 4) is 11.1 Å². The monoisotopic (exact) mass is 423 g/mol. The van der Waals surface area contributed by atoms with Crippen LogP contribution < -0.4 is 5.32 Å². The predicted molar refractivity (Wildman–Crippen MR) is 117 cm³/mol. The van der Waals surface area contributed by atoms with Gasteiger partial charge in [-0.1, -0.05) is 67.9 Å². The van der Waals surface area contributed by atoms with Crippen LogP contribution in [0.1, 0.15) is 38.2 Å². The molecule has 1 fully saturated rings. The van der Waals surface area contributed by atoms with Crippen LogP contribution in [0, 0.1) is 17.8 Å². The molecule has 0 heterocycles. The fourth-order valence-corrected chi connectivity index (χ4v) is 4.35. The van der Waals surface area contributed by atoms with Crippen LogP contribution >= 0.6 is 0 Å². The molecule has 6 nitrogen and oxygen atoms in total. The summed E-state index contributed by atoms with van der Waals surface area (Å²) in [6, 6.07) is 17.6. The lowest BCUT2D eigenvalue weighted by atomic mass is 9.92. The van der Waals surface area contributed by atoms with E-state index in [9.17, 15) is 24.6 Å². The van der Waals surface area contributed by atoms with Crippen molar-refractivity contribution in [1.29, 1.82) is 0 Å². The summed E-state index contributed by atoms with van der Waals surface area (Å²) in [6.45, 7) is 1.62. The van der Waals surface area contributed by atoms with Crippen molar-refractivity contribution in [2.45, 2.75) is 45.1 Å². The first-order valence-corrected chi connectivity index (χ1v) is 10.8. The van der Waals surface area contributed by atoms with Gasteiger partial charge in [0.25, 0.3) is 0 Å². The summed E-state index contributed by atoms with van der Waals surface area (Å²) < 4.78 is 0. The summed E-state index contributed by atoms with van der Waals surface area (Å²) in [5.41, 5.74) is 3.18. The highest BCUT2D eigenvalue weighted by Gasteiger charge is 2.38. The van der Waals surface area contributed by atoms with Crippen LogP contribution in [0.5, 0.6) is 0 Å². The Morgan fingerprint density at radius 3 is 2.16 bits per heavy atom. The molecule has 0 spiro atoms. The van der Waals surface area contributed by atoms with Crippen molar-refractivity contribution in [3.05, 3.63) is 60.2 Å². The van der Waals surface area contributed by atoms with E-state index in [1.54, 1.807) is 6.92 Å². The maximum absolute atomic E-state index is 12.8. The fraction of sp³-hybridized carbons (Fsp3) is 0.400. The molecule has 1 aliphatic rings. The number of carboxylic acid groups (broad SMARTS) is 2. The molecule has 0 saturated heterocycles. The molecule has 164 valence electrons. The van der Waals surface area contributed by atoms with Gasteiger partial charge >= 0.3 is 11.9 Å². The van der Waals surface area contributed by atoms with E-state index in [4.69, 9.17) is 0 Å². The highest BCUT2D eigenvalue weighted by atomic mass is 16.4. The van der Waals surface area contributed by atoms with Crippen molar-refractivity contribution in [2.24, 2.45) is 17.8 Å². The van der Waals surface area contributed by atoms with Gasteiger partial charge in [-0.05, 0) is 42.4 Å². The highest BCUT2D eigenvalue weighted by Crippen LogP contribution is 2.32. The Bertz CT molecular complexity index is 909. The van der Waals surface area contributed by atoms with E-state index in [0.29, 0.717) is 25.7 Å². The molecule has 1 amide bonds. The van der Waals surface area contributed by atoms with Crippen molar-refractivity contribution in [3.63, 3.8) is 0 Å². The first-order valence-electron chi connectivity index (χ1n) is 10.8. The number of rotatable bonds is 9. The number of carboxylic acids is 2. The molecule has 2 aromatic carbocycles. The lowest BCUT2D eigenvalue weighted by Crippen LogP contribution is -2.43. The van der Waals surface area contributed by atoms with Crippen LogP contribution in [0.2, 0.25) is 0 Å². The average Bonchev–Trinajstić information content (AvgIpc) is 3.25. The molecule has 3 N–H and O–H groups in total. The van der Waals surface area contributed by atoms with Gasteiger partial charge in [-0.25, -0.2) is 0 Å². The van der Waals surface area contributed by atoms with Gasteiger partial charge in [0.05, 0.1) is 17.8 Å². The molecule has 0 bridgehead atoms. The summed E-state index contributed by atoms with van der Waals surface area (Å²) in [5, 5.41) is 21.7. The largest absolute Gasteiger partial charge is 0.481 e. The Labute approximate surface area is 182 Å². The molecule has 6 heteroatoms. The molecule has 0 aliphatic heterocycles. The van der Waals surface area contributed by atoms with E-state index in [2.05, 4.69) is 5.32 Å². The zero-order valence-corrected chi connectivity index (χ0v) is 17.7. The normalized spacial score (nSPS) is 20.0. The van der Waals surface area contributed by atoms with Gasteiger partial charge in [-0.3, -0.25) is 14.4 Å². The third kappa shape index (κ3) is 5.94. The van der Waals surface area contributed by atoms with E-state index in [1.165, 1.54) is 0 Å². The number of benzene rings is 2. The Balaban J connectivity index is 1.72. The van der Waals surface area contributed by atoms with Gasteiger partial charge in [0, 0.05) is 6.04 Å². The molecule has 4 atom stereocenters. The first-order chi connectivity index (χ1) is 14.8. The van der Waals surface area contributed by atoms with Gasteiger partial charge in [0.1, 0.15) is 0 Å². The second-order valence-corrected chi connectivity index (χ2v) is 8.43. The molecule has 31 heavy (non-hydrogen) atoms. The minimum atomic E-state index is -0.940. The SMILES string of the molecule is C[C@H](CC(Cc1ccc(-c2ccccc2)cc1)NC(=O)[C@H]1CCC[C@H]1C(=O)O)C(=O)O. The number of amides is 1. The lowest BCUT2D eigenvalue weighted by molar-refractivity contribution is -0.146. The lowest BCUT2D eigenvalue weighted by Gasteiger charge is -2.24. The van der Waals surface area contributed by atoms with E-state index in [0.717, 1.165) is 16.7 Å². The molecule has 0 radical (unpaired) electrons. The average molecular weight is 424 g/mol. The van der Waals surface area contributed by atoms with Gasteiger partial charge in [-0.15, -0.1) is 0 Å². The minimum Gasteiger partial charge on any atom is -0.481 e. The predicted octanol–water partition coefficient (Wildman–Crippen LogP) is 3.99. The van der Waals surface area contributed by atoms with E-state index >= 15 is 0 Å². The Morgan fingerprint density at radius 2 is 1.55 bits per heavy atom. The maximum Gasteiger partial charge on any atom is 0.307 e. The number of nitrogens with one attached hydrogen (secondary N) is 1. The molecule has 1 saturated carbocycles. The van der Waals surface area contributed by atoms with Crippen molar-refractivity contribution >= 4 is 17.8 Å². The van der Waals surface area contributed by atoms with Gasteiger partial charge in [0.15, 0.2) is 0 Å². The Hall–Kier alpha value is -3.15. The van der Waals surface area contributed by atoms with E-state index < -0.39 is 29.7 Å². The van der Waals surface area contributed by atoms with E-state index in [-0.39, 0.29) is 18.4 Å². The smallest absolute Gasteiger partial charge is 0.307 e. The van der Waals surface area contributed by atoms with Gasteiger partial charge in [0.2, 0.25) is 5.91 Å². The second kappa shape index (κ2) is 10.2. The molecular weight excluding hydrogens is 394 g/mol. The van der Waals surface area contributed by atoms with Crippen LogP contribution in [0.25, 0.3) is 11.1 Å². The topological polar surface area (TPSA) is 104 Å². The molecule has 1 aliphatic carbocycles. The highest BCUT2D eigenvalue weighted by molar-refractivity contribution is 5.85. The minimum absolute atomic E-state index is 0.284. The van der Waals surface area contributed by atoms with Gasteiger partial charge in [-0.2, -0.15) is 0 Å². The second-order valence-electron chi connectivity index (χ2n) is 8.43. The van der Waals surface area contributed by atoms with Crippen molar-refractivity contribution < 1.29 is 24.6 Å². The molecule has 0 aromatic heterocycles. The van der Waals surface area contributed by atoms with Crippen LogP contribution in [-0.2, 0) is 20.8 Å². The molecule has 1 unspecified atom stereocenters. The maximum atomic E-state index is 12.8. The summed E-state index contributed by atoms with van der Waals surface area (Å²) in [7, 11) is 0. The number of carbonyl (C=O) groups excluding carboxylic acids is 1. The number of carbonyl (C=O) groups is 3. The quantitative estimate of drug-likeness (QED) is 0.566. The number of aliphatic carboxylic acids is 2. The van der Waals surface area contributed by atoms with Crippen LogP contribution in [0.15, 0.2) is 54.6 Å². The van der Waals surface area contributed by atoms with Gasteiger partial charge < -0.3 is 15.5 Å². The summed E-state index contributed by atoms with van der Waals surface area (Å²) in [4.78, 5) is 35.7. The zero-order valence-electron chi connectivity index (χ0n) is 17.7. The number of hydrogen-bond donors (Lipinski definition) is 3. The third-order valence-electron chi connectivity index (χ3n) is 6.12. The van der Waals surface area contributed by atoms with Crippen molar-refractivity contribution in [1.82, 2.24) is 5.32 Å².